The molecule has 4 N–H and O–H groups in total. The number of carbonyl (C=O) groups is 3. The molecule has 0 saturated heterocycles. The highest BCUT2D eigenvalue weighted by molar-refractivity contribution is 7.67. The zero-order valence-corrected chi connectivity index (χ0v) is 25.3. The van der Waals surface area contributed by atoms with Gasteiger partial charge in [-0.05, 0) is 66.2 Å². The Morgan fingerprint density at radius 1 is 0.975 bits per heavy atom. The first-order valence-electron chi connectivity index (χ1n) is 12.7. The van der Waals surface area contributed by atoms with Crippen LogP contribution < -0.4 is 21.4 Å². The molecular formula is C27H35N4O7PS. The second kappa shape index (κ2) is 12.1. The lowest BCUT2D eigenvalue weighted by molar-refractivity contribution is -0.149. The first kappa shape index (κ1) is 31.2. The van der Waals surface area contributed by atoms with Crippen LogP contribution in [0.1, 0.15) is 62.3 Å². The maximum atomic E-state index is 14.6. The molecule has 0 atom stereocenters. The van der Waals surface area contributed by atoms with Crippen molar-refractivity contribution in [3.8, 4) is 11.5 Å². The van der Waals surface area contributed by atoms with Crippen molar-refractivity contribution in [2.24, 2.45) is 0 Å². The number of carbonyl (C=O) groups excluding carboxylic acids is 3. The molecule has 11 nitrogen and oxygen atoms in total. The molecule has 0 radical (unpaired) electrons. The Labute approximate surface area is 237 Å². The number of benzene rings is 1. The summed E-state index contributed by atoms with van der Waals surface area (Å²) in [5.41, 5.74) is 4.42. The molecule has 0 saturated carbocycles. The summed E-state index contributed by atoms with van der Waals surface area (Å²) in [5.74, 6) is -1.47. The largest absolute Gasteiger partial charge is 0.465 e. The lowest BCUT2D eigenvalue weighted by Crippen LogP contribution is -2.55. The molecule has 0 unspecified atom stereocenters. The zero-order valence-electron chi connectivity index (χ0n) is 23.6. The number of rotatable bonds is 12. The average molecular weight is 591 g/mol. The Balaban J connectivity index is 2.09. The van der Waals surface area contributed by atoms with Gasteiger partial charge in [0.2, 0.25) is 5.78 Å². The van der Waals surface area contributed by atoms with Crippen LogP contribution in [0.3, 0.4) is 0 Å². The molecule has 0 aliphatic carbocycles. The Bertz CT molecular complexity index is 1420. The van der Waals surface area contributed by atoms with Crippen LogP contribution >= 0.6 is 18.8 Å². The fourth-order valence-electron chi connectivity index (χ4n) is 3.87. The smallest absolute Gasteiger partial charge is 0.326 e. The highest BCUT2D eigenvalue weighted by Crippen LogP contribution is 2.43. The number of nitrogens with one attached hydrogen (secondary N) is 2. The van der Waals surface area contributed by atoms with Gasteiger partial charge in [-0.2, -0.15) is 0 Å². The van der Waals surface area contributed by atoms with Gasteiger partial charge < -0.3 is 19.6 Å². The minimum absolute atomic E-state index is 0.113. The van der Waals surface area contributed by atoms with Gasteiger partial charge in [0.05, 0.1) is 13.2 Å². The van der Waals surface area contributed by atoms with Crippen LogP contribution in [0.5, 0.6) is 0 Å². The van der Waals surface area contributed by atoms with Gasteiger partial charge in [-0.1, -0.05) is 35.6 Å². The van der Waals surface area contributed by atoms with E-state index in [1.807, 2.05) is 19.1 Å². The van der Waals surface area contributed by atoms with Crippen LogP contribution in [0.15, 0.2) is 40.8 Å². The molecule has 1 aromatic carbocycles. The third kappa shape index (κ3) is 6.69. The Morgan fingerprint density at radius 2 is 1.52 bits per heavy atom. The summed E-state index contributed by atoms with van der Waals surface area (Å²) in [6.45, 7) is 11.4. The number of aryl methyl sites for hydroxylation is 1. The van der Waals surface area contributed by atoms with Crippen molar-refractivity contribution < 1.29 is 32.8 Å². The van der Waals surface area contributed by atoms with Gasteiger partial charge in [0.1, 0.15) is 21.6 Å². The second-order valence-electron chi connectivity index (χ2n) is 10.0. The number of aromatic nitrogens is 1. The monoisotopic (exact) mass is 590 g/mol. The van der Waals surface area contributed by atoms with Gasteiger partial charge in [0.15, 0.2) is 16.4 Å². The van der Waals surface area contributed by atoms with Gasteiger partial charge in [-0.3, -0.25) is 18.9 Å². The van der Waals surface area contributed by atoms with Gasteiger partial charge in [0.25, 0.3) is 7.44 Å². The van der Waals surface area contributed by atoms with E-state index in [0.717, 1.165) is 16.9 Å². The molecule has 0 aliphatic rings. The summed E-state index contributed by atoms with van der Waals surface area (Å²) < 4.78 is 30.9. The van der Waals surface area contributed by atoms with E-state index in [0.29, 0.717) is 5.56 Å². The summed E-state index contributed by atoms with van der Waals surface area (Å²) in [6, 6.07) is 10.1. The van der Waals surface area contributed by atoms with Gasteiger partial charge in [-0.25, -0.2) is 15.2 Å². The van der Waals surface area contributed by atoms with E-state index >= 15 is 0 Å². The number of hydrogen-bond acceptors (Lipinski definition) is 10. The van der Waals surface area contributed by atoms with Crippen molar-refractivity contribution in [3.05, 3.63) is 52.4 Å². The number of furan rings is 1. The number of nitrogens with zero attached hydrogens (tertiary/aromatic N) is 1. The van der Waals surface area contributed by atoms with E-state index in [-0.39, 0.29) is 46.0 Å². The lowest BCUT2D eigenvalue weighted by Gasteiger charge is -2.34. The molecule has 0 aliphatic heterocycles. The molecule has 0 fully saturated rings. The molecule has 0 spiro atoms. The average Bonchev–Trinajstić information content (AvgIpc) is 3.51. The van der Waals surface area contributed by atoms with Crippen LogP contribution in [-0.4, -0.2) is 47.0 Å². The predicted molar refractivity (Wildman–Crippen MR) is 154 cm³/mol. The summed E-state index contributed by atoms with van der Waals surface area (Å²) in [4.78, 5) is 43.3. The maximum Gasteiger partial charge on any atom is 0.326 e. The van der Waals surface area contributed by atoms with Crippen molar-refractivity contribution in [3.63, 3.8) is 0 Å². The summed E-state index contributed by atoms with van der Waals surface area (Å²) in [7, 11) is -4.08. The standard InChI is InChI=1S/C27H35N4O7PS/c1-8-36-23(33)26(4,5)30-39(35,31-27(6,7)24(34)37-9-2)19-15-14-18(38-19)20-22(40-25(28)29-20)21(32)17-13-11-10-12-16(17)3/h10-15H,8-9H2,1-7H3,(H2,28,29)(H2,30,31,35). The topological polar surface area (TPSA) is 163 Å². The number of ether oxygens (including phenoxy) is 2. The van der Waals surface area contributed by atoms with Gasteiger partial charge in [0, 0.05) is 5.56 Å². The fourth-order valence-corrected chi connectivity index (χ4v) is 7.21. The van der Waals surface area contributed by atoms with Crippen molar-refractivity contribution in [1.29, 1.82) is 0 Å². The van der Waals surface area contributed by atoms with Crippen molar-refractivity contribution in [1.82, 2.24) is 15.2 Å². The maximum absolute atomic E-state index is 14.6. The van der Waals surface area contributed by atoms with Crippen LogP contribution in [0.2, 0.25) is 0 Å². The highest BCUT2D eigenvalue weighted by Gasteiger charge is 2.45. The third-order valence-corrected chi connectivity index (χ3v) is 9.31. The zero-order chi connectivity index (χ0) is 29.9. The first-order chi connectivity index (χ1) is 18.6. The number of ketones is 1. The number of nitrogens with two attached hydrogens (primary N) is 1. The SMILES string of the molecule is CCOC(=O)C(C)(C)NP(=O)(NC(C)(C)C(=O)OCC)c1ccc(-c2nc(N)sc2C(=O)c2ccccc2C)o1. The third-order valence-electron chi connectivity index (χ3n) is 5.82. The summed E-state index contributed by atoms with van der Waals surface area (Å²) in [5, 5.41) is 5.80. The van der Waals surface area contributed by atoms with E-state index in [1.54, 1.807) is 26.0 Å². The molecule has 0 amide bonds. The van der Waals surface area contributed by atoms with Crippen molar-refractivity contribution in [2.45, 2.75) is 59.5 Å². The summed E-state index contributed by atoms with van der Waals surface area (Å²) >= 11 is 1.01. The van der Waals surface area contributed by atoms with Gasteiger partial charge >= 0.3 is 11.9 Å². The molecule has 216 valence electrons. The molecule has 13 heteroatoms. The minimum Gasteiger partial charge on any atom is -0.465 e. The Morgan fingerprint density at radius 3 is 2.05 bits per heavy atom. The Hall–Kier alpha value is -3.31. The van der Waals surface area contributed by atoms with E-state index in [1.165, 1.54) is 39.8 Å². The van der Waals surface area contributed by atoms with Crippen molar-refractivity contribution >= 4 is 47.1 Å². The van der Waals surface area contributed by atoms with Crippen LogP contribution in [0.25, 0.3) is 11.5 Å². The number of hydrogen-bond donors (Lipinski definition) is 3. The Kier molecular flexibility index (Phi) is 9.41. The van der Waals surface area contributed by atoms with Crippen LogP contribution in [0, 0.1) is 6.92 Å². The molecular weight excluding hydrogens is 555 g/mol. The number of anilines is 1. The number of nitrogen functional groups attached to an aromatic ring is 1. The highest BCUT2D eigenvalue weighted by atomic mass is 32.1. The van der Waals surface area contributed by atoms with Gasteiger partial charge in [-0.15, -0.1) is 0 Å². The molecule has 3 aromatic rings. The quantitative estimate of drug-likeness (QED) is 0.157. The molecule has 0 bridgehead atoms. The molecule has 40 heavy (non-hydrogen) atoms. The summed E-state index contributed by atoms with van der Waals surface area (Å²) in [6.07, 6.45) is 0. The van der Waals surface area contributed by atoms with Crippen LogP contribution in [0.4, 0.5) is 5.13 Å². The lowest BCUT2D eigenvalue weighted by atomic mass is 10.0. The molecule has 2 heterocycles. The number of esters is 2. The first-order valence-corrected chi connectivity index (χ1v) is 15.2. The van der Waals surface area contributed by atoms with Crippen LogP contribution in [-0.2, 0) is 23.6 Å². The second-order valence-corrected chi connectivity index (χ2v) is 13.2. The van der Waals surface area contributed by atoms with E-state index in [4.69, 9.17) is 19.6 Å². The fraction of sp³-hybridized carbons (Fsp3) is 0.407. The van der Waals surface area contributed by atoms with E-state index < -0.39 is 30.5 Å². The number of thiazole rings is 1. The van der Waals surface area contributed by atoms with E-state index in [2.05, 4.69) is 15.2 Å². The minimum atomic E-state index is -4.08. The molecule has 3 rings (SSSR count). The molecule has 2 aromatic heterocycles. The normalized spacial score (nSPS) is 12.3. The van der Waals surface area contributed by atoms with E-state index in [9.17, 15) is 18.9 Å². The van der Waals surface area contributed by atoms with Crippen molar-refractivity contribution in [2.75, 3.05) is 18.9 Å². The predicted octanol–water partition coefficient (Wildman–Crippen LogP) is 4.21.